The van der Waals surface area contributed by atoms with Crippen molar-refractivity contribution in [2.45, 2.75) is 31.9 Å². The van der Waals surface area contributed by atoms with E-state index in [1.54, 1.807) is 11.9 Å². The standard InChI is InChI=1S/C13H23N3O3/c1-11-10-19-12(9-17)8-16(11)7-4-13(18)15(2)6-3-5-14/h11-12,17H,3-4,6-10H2,1-2H3. The Labute approximate surface area is 114 Å². The zero-order valence-electron chi connectivity index (χ0n) is 11.7. The Morgan fingerprint density at radius 3 is 3.00 bits per heavy atom. The van der Waals surface area contributed by atoms with Gasteiger partial charge in [-0.15, -0.1) is 0 Å². The molecule has 6 nitrogen and oxygen atoms in total. The average Bonchev–Trinajstić information content (AvgIpc) is 2.43. The number of hydrogen-bond acceptors (Lipinski definition) is 5. The van der Waals surface area contributed by atoms with E-state index in [9.17, 15) is 4.79 Å². The first kappa shape index (κ1) is 15.9. The first-order chi connectivity index (χ1) is 9.08. The quantitative estimate of drug-likeness (QED) is 0.724. The third-order valence-corrected chi connectivity index (χ3v) is 3.44. The predicted octanol–water partition coefficient (Wildman–Crippen LogP) is -0.170. The highest BCUT2D eigenvalue weighted by Gasteiger charge is 2.25. The van der Waals surface area contributed by atoms with Gasteiger partial charge in [0, 0.05) is 39.1 Å². The molecule has 0 radical (unpaired) electrons. The van der Waals surface area contributed by atoms with E-state index in [-0.39, 0.29) is 24.7 Å². The number of carbonyl (C=O) groups is 1. The molecule has 0 aliphatic carbocycles. The number of carbonyl (C=O) groups excluding carboxylic acids is 1. The highest BCUT2D eigenvalue weighted by Crippen LogP contribution is 2.12. The van der Waals surface area contributed by atoms with Crippen LogP contribution >= 0.6 is 0 Å². The van der Waals surface area contributed by atoms with E-state index in [4.69, 9.17) is 15.1 Å². The van der Waals surface area contributed by atoms with Crippen molar-refractivity contribution in [2.24, 2.45) is 0 Å². The summed E-state index contributed by atoms with van der Waals surface area (Å²) in [6, 6.07) is 2.29. The fourth-order valence-electron chi connectivity index (χ4n) is 2.07. The van der Waals surface area contributed by atoms with E-state index >= 15 is 0 Å². The summed E-state index contributed by atoms with van der Waals surface area (Å²) in [6.45, 7) is 4.46. The van der Waals surface area contributed by atoms with Gasteiger partial charge in [0.05, 0.1) is 31.8 Å². The fraction of sp³-hybridized carbons (Fsp3) is 0.846. The number of morpholine rings is 1. The van der Waals surface area contributed by atoms with Crippen LogP contribution in [-0.4, -0.2) is 72.9 Å². The molecule has 0 bridgehead atoms. The van der Waals surface area contributed by atoms with Crippen LogP contribution < -0.4 is 0 Å². The number of aliphatic hydroxyl groups is 1. The van der Waals surface area contributed by atoms with Crippen molar-refractivity contribution in [2.75, 3.05) is 39.9 Å². The number of hydrogen-bond donors (Lipinski definition) is 1. The minimum absolute atomic E-state index is 0.0131. The molecule has 1 heterocycles. The summed E-state index contributed by atoms with van der Waals surface area (Å²) in [5.74, 6) is 0.0505. The van der Waals surface area contributed by atoms with Crippen molar-refractivity contribution in [3.05, 3.63) is 0 Å². The van der Waals surface area contributed by atoms with Gasteiger partial charge in [0.1, 0.15) is 0 Å². The summed E-state index contributed by atoms with van der Waals surface area (Å²) < 4.78 is 5.45. The van der Waals surface area contributed by atoms with Crippen LogP contribution in [0, 0.1) is 11.3 Å². The Morgan fingerprint density at radius 1 is 1.63 bits per heavy atom. The molecular weight excluding hydrogens is 246 g/mol. The Bertz CT molecular complexity index is 330. The first-order valence-electron chi connectivity index (χ1n) is 6.66. The van der Waals surface area contributed by atoms with Gasteiger partial charge in [-0.25, -0.2) is 0 Å². The molecule has 2 atom stereocenters. The molecule has 0 aromatic heterocycles. The van der Waals surface area contributed by atoms with Gasteiger partial charge in [0.2, 0.25) is 5.91 Å². The fourth-order valence-corrected chi connectivity index (χ4v) is 2.07. The second-order valence-corrected chi connectivity index (χ2v) is 4.96. The lowest BCUT2D eigenvalue weighted by molar-refractivity contribution is -0.131. The number of aliphatic hydroxyl groups excluding tert-OH is 1. The summed E-state index contributed by atoms with van der Waals surface area (Å²) in [6.07, 6.45) is 0.648. The van der Waals surface area contributed by atoms with Crippen molar-refractivity contribution in [1.82, 2.24) is 9.80 Å². The van der Waals surface area contributed by atoms with Crippen LogP contribution in [0.15, 0.2) is 0 Å². The highest BCUT2D eigenvalue weighted by atomic mass is 16.5. The third-order valence-electron chi connectivity index (χ3n) is 3.44. The zero-order chi connectivity index (χ0) is 14.3. The summed E-state index contributed by atoms with van der Waals surface area (Å²) in [5.41, 5.74) is 0. The molecule has 0 saturated carbocycles. The molecule has 0 aromatic rings. The lowest BCUT2D eigenvalue weighted by Gasteiger charge is -2.37. The highest BCUT2D eigenvalue weighted by molar-refractivity contribution is 5.76. The van der Waals surface area contributed by atoms with Gasteiger partial charge in [-0.1, -0.05) is 0 Å². The molecule has 1 saturated heterocycles. The van der Waals surface area contributed by atoms with Crippen LogP contribution in [0.1, 0.15) is 19.8 Å². The molecule has 0 spiro atoms. The van der Waals surface area contributed by atoms with Crippen molar-refractivity contribution in [1.29, 1.82) is 5.26 Å². The average molecular weight is 269 g/mol. The van der Waals surface area contributed by atoms with E-state index in [1.807, 2.05) is 6.07 Å². The minimum Gasteiger partial charge on any atom is -0.394 e. The van der Waals surface area contributed by atoms with Gasteiger partial charge in [-0.3, -0.25) is 9.69 Å². The van der Waals surface area contributed by atoms with Gasteiger partial charge in [-0.05, 0) is 6.92 Å². The molecule has 2 unspecified atom stereocenters. The van der Waals surface area contributed by atoms with E-state index in [1.165, 1.54) is 0 Å². The monoisotopic (exact) mass is 269 g/mol. The normalized spacial score (nSPS) is 23.9. The molecule has 1 aliphatic heterocycles. The van der Waals surface area contributed by atoms with Crippen LogP contribution in [0.3, 0.4) is 0 Å². The summed E-state index contributed by atoms with van der Waals surface area (Å²) in [5, 5.41) is 17.6. The van der Waals surface area contributed by atoms with E-state index in [0.717, 1.165) is 0 Å². The maximum absolute atomic E-state index is 11.9. The second kappa shape index (κ2) is 8.10. The second-order valence-electron chi connectivity index (χ2n) is 4.96. The Balaban J connectivity index is 2.34. The summed E-state index contributed by atoms with van der Waals surface area (Å²) >= 11 is 0. The van der Waals surface area contributed by atoms with E-state index < -0.39 is 0 Å². The number of nitriles is 1. The van der Waals surface area contributed by atoms with Crippen LogP contribution in [0.25, 0.3) is 0 Å². The SMILES string of the molecule is CC1COC(CO)CN1CCC(=O)N(C)CCC#N. The zero-order valence-corrected chi connectivity index (χ0v) is 11.7. The number of amides is 1. The van der Waals surface area contributed by atoms with Gasteiger partial charge in [0.25, 0.3) is 0 Å². The van der Waals surface area contributed by atoms with Gasteiger partial charge >= 0.3 is 0 Å². The lowest BCUT2D eigenvalue weighted by Crippen LogP contribution is -2.50. The number of nitrogens with zero attached hydrogens (tertiary/aromatic N) is 3. The van der Waals surface area contributed by atoms with Crippen molar-refractivity contribution in [3.8, 4) is 6.07 Å². The molecule has 19 heavy (non-hydrogen) atoms. The van der Waals surface area contributed by atoms with Crippen LogP contribution in [-0.2, 0) is 9.53 Å². The van der Waals surface area contributed by atoms with Crippen molar-refractivity contribution >= 4 is 5.91 Å². The van der Waals surface area contributed by atoms with E-state index in [0.29, 0.717) is 39.1 Å². The molecule has 6 heteroatoms. The number of ether oxygens (including phenoxy) is 1. The van der Waals surface area contributed by atoms with E-state index in [2.05, 4.69) is 11.8 Å². The Hall–Kier alpha value is -1.16. The maximum atomic E-state index is 11.9. The lowest BCUT2D eigenvalue weighted by atomic mass is 10.2. The molecular formula is C13H23N3O3. The van der Waals surface area contributed by atoms with Crippen molar-refractivity contribution < 1.29 is 14.6 Å². The van der Waals surface area contributed by atoms with Crippen LogP contribution in [0.5, 0.6) is 0 Å². The van der Waals surface area contributed by atoms with Gasteiger partial charge in [0.15, 0.2) is 0 Å². The minimum atomic E-state index is -0.150. The maximum Gasteiger partial charge on any atom is 0.223 e. The first-order valence-corrected chi connectivity index (χ1v) is 6.66. The Morgan fingerprint density at radius 2 is 2.37 bits per heavy atom. The molecule has 1 rings (SSSR count). The topological polar surface area (TPSA) is 76.8 Å². The molecule has 1 aliphatic rings. The molecule has 0 aromatic carbocycles. The van der Waals surface area contributed by atoms with Crippen LogP contribution in [0.4, 0.5) is 0 Å². The molecule has 1 amide bonds. The largest absolute Gasteiger partial charge is 0.394 e. The van der Waals surface area contributed by atoms with Crippen LogP contribution in [0.2, 0.25) is 0 Å². The molecule has 1 N–H and O–H groups in total. The Kier molecular flexibility index (Phi) is 6.78. The summed E-state index contributed by atoms with van der Waals surface area (Å²) in [4.78, 5) is 15.6. The molecule has 1 fully saturated rings. The third kappa shape index (κ3) is 5.15. The van der Waals surface area contributed by atoms with Gasteiger partial charge < -0.3 is 14.7 Å². The molecule has 108 valence electrons. The van der Waals surface area contributed by atoms with Gasteiger partial charge in [-0.2, -0.15) is 5.26 Å². The van der Waals surface area contributed by atoms with Crippen molar-refractivity contribution in [3.63, 3.8) is 0 Å². The summed E-state index contributed by atoms with van der Waals surface area (Å²) in [7, 11) is 1.72. The number of rotatable bonds is 6. The smallest absolute Gasteiger partial charge is 0.223 e. The predicted molar refractivity (Wildman–Crippen MR) is 70.3 cm³/mol.